The molecule has 17 rings (SSSR count). The Morgan fingerprint density at radius 2 is 0.576 bits per heavy atom. The van der Waals surface area contributed by atoms with Crippen molar-refractivity contribution in [2.24, 2.45) is 0 Å². The molecule has 11 heteroatoms. The van der Waals surface area contributed by atoms with Gasteiger partial charge < -0.3 is 13.7 Å². The van der Waals surface area contributed by atoms with Gasteiger partial charge in [0.2, 0.25) is 0 Å². The molecule has 0 radical (unpaired) electrons. The van der Waals surface area contributed by atoms with Crippen LogP contribution in [0.2, 0.25) is 0 Å². The van der Waals surface area contributed by atoms with Gasteiger partial charge in [-0.15, -0.1) is 0 Å². The molecule has 0 saturated carbocycles. The second kappa shape index (κ2) is 23.7. The predicted octanol–water partition coefficient (Wildman–Crippen LogP) is 20.7. The van der Waals surface area contributed by atoms with Crippen LogP contribution in [-0.4, -0.2) is 23.7 Å². The highest BCUT2D eigenvalue weighted by atomic mass is 15.0. The quantitative estimate of drug-likeness (QED) is 0.130. The van der Waals surface area contributed by atoms with Crippen molar-refractivity contribution in [1.29, 1.82) is 31.6 Å². The average molecular weight is 1260 g/mol. The molecule has 0 aliphatic rings. The Morgan fingerprint density at radius 3 is 0.939 bits per heavy atom. The van der Waals surface area contributed by atoms with Gasteiger partial charge in [-0.1, -0.05) is 182 Å². The molecule has 4 aromatic heterocycles. The van der Waals surface area contributed by atoms with E-state index < -0.39 is 0 Å². The molecule has 0 aliphatic heterocycles. The molecule has 13 aromatic carbocycles. The first-order valence-corrected chi connectivity index (χ1v) is 32.1. The van der Waals surface area contributed by atoms with Crippen molar-refractivity contribution >= 4 is 65.4 Å². The molecule has 0 atom stereocenters. The van der Waals surface area contributed by atoms with Gasteiger partial charge >= 0.3 is 0 Å². The lowest BCUT2D eigenvalue weighted by atomic mass is 9.90. The fourth-order valence-electron chi connectivity index (χ4n) is 14.6. The fraction of sp³-hybridized carbons (Fsp3) is 0. The smallest absolute Gasteiger partial charge is 0.160 e. The number of nitriles is 6. The lowest BCUT2D eigenvalue weighted by Gasteiger charge is -2.24. The summed E-state index contributed by atoms with van der Waals surface area (Å²) in [6.07, 6.45) is 0. The SMILES string of the molecule is N#Cc1cc(C#N)c(-c2ccc3c(c2)c2cc(-c4c(C#N)cc(C#N)cc4C#N)ccc2n3-c2c(-c3ccccc3-n3c4ccccc4c4ccccc43)cc(-c3nc(-c4ccccc4)cc(-c4ccccc4)n3)cc2-c2ccccc2-n2c3ccccc3c3ccccc32)c(C#N)c1. The summed E-state index contributed by atoms with van der Waals surface area (Å²) >= 11 is 0. The second-order valence-electron chi connectivity index (χ2n) is 24.3. The number of rotatable bonds is 10. The number of hydrogen-bond donors (Lipinski definition) is 0. The van der Waals surface area contributed by atoms with E-state index in [-0.39, 0.29) is 33.4 Å². The Hall–Kier alpha value is -14.7. The summed E-state index contributed by atoms with van der Waals surface area (Å²) in [4.78, 5) is 11.1. The predicted molar refractivity (Wildman–Crippen MR) is 391 cm³/mol. The van der Waals surface area contributed by atoms with Gasteiger partial charge in [0.1, 0.15) is 0 Å². The molecule has 0 saturated heterocycles. The monoisotopic (exact) mass is 1260 g/mol. The third-order valence-electron chi connectivity index (χ3n) is 18.8. The van der Waals surface area contributed by atoms with Gasteiger partial charge in [-0.05, 0) is 114 Å². The maximum absolute atomic E-state index is 10.8. The minimum Gasteiger partial charge on any atom is -0.309 e. The topological polar surface area (TPSA) is 183 Å². The van der Waals surface area contributed by atoms with E-state index in [1.807, 2.05) is 78.9 Å². The van der Waals surface area contributed by atoms with E-state index in [2.05, 4.69) is 232 Å². The molecule has 17 aromatic rings. The number of benzene rings is 13. The molecule has 99 heavy (non-hydrogen) atoms. The summed E-state index contributed by atoms with van der Waals surface area (Å²) in [5.74, 6) is 0.484. The third-order valence-corrected chi connectivity index (χ3v) is 18.8. The van der Waals surface area contributed by atoms with Crippen LogP contribution in [0.3, 0.4) is 0 Å². The maximum Gasteiger partial charge on any atom is 0.160 e. The normalized spacial score (nSPS) is 11.2. The van der Waals surface area contributed by atoms with Crippen LogP contribution in [0.4, 0.5) is 0 Å². The molecule has 4 heterocycles. The summed E-state index contributed by atoms with van der Waals surface area (Å²) < 4.78 is 6.99. The summed E-state index contributed by atoms with van der Waals surface area (Å²) in [5.41, 5.74) is 18.2. The summed E-state index contributed by atoms with van der Waals surface area (Å²) in [7, 11) is 0. The number of aromatic nitrogens is 5. The van der Waals surface area contributed by atoms with Crippen LogP contribution in [0, 0.1) is 68.0 Å². The highest BCUT2D eigenvalue weighted by molar-refractivity contribution is 6.15. The highest BCUT2D eigenvalue weighted by Gasteiger charge is 2.29. The molecule has 0 unspecified atom stereocenters. The Morgan fingerprint density at radius 1 is 0.242 bits per heavy atom. The van der Waals surface area contributed by atoms with E-state index in [0.29, 0.717) is 38.9 Å². The van der Waals surface area contributed by atoms with Gasteiger partial charge in [0.25, 0.3) is 0 Å². The molecular formula is C88H47N11. The molecule has 0 spiro atoms. The van der Waals surface area contributed by atoms with Crippen molar-refractivity contribution in [3.63, 3.8) is 0 Å². The number of hydrogen-bond acceptors (Lipinski definition) is 8. The number of fused-ring (bicyclic) bond motifs is 9. The standard InChI is InChI=1S/C88H47N11/c89-48-54-39-61(50-91)85(62(40-54)51-92)58-35-37-83-71(43-58)72-44-59(86-63(52-93)41-55(49-90)42-64(86)53-94)36-38-84(72)99(83)87-73(69-27-11-17-33-81(69)97-77-29-13-7-23-65(77)66-24-8-14-30-78(66)97)45-60(88-95-75(56-19-3-1-4-20-56)47-76(96-88)57-21-5-2-6-22-57)46-74(87)70-28-12-18-34-82(70)98-79-31-15-9-25-67(79)68-26-10-16-32-80(68)98/h1-47H. The van der Waals surface area contributed by atoms with Gasteiger partial charge in [0.05, 0.1) is 131 Å². The Labute approximate surface area is 567 Å². The molecule has 454 valence electrons. The summed E-state index contributed by atoms with van der Waals surface area (Å²) in [5, 5.41) is 69.4. The highest BCUT2D eigenvalue weighted by Crippen LogP contribution is 2.50. The Balaban J connectivity index is 1.08. The van der Waals surface area contributed by atoms with Crippen LogP contribution in [-0.2, 0) is 0 Å². The van der Waals surface area contributed by atoms with Crippen LogP contribution >= 0.6 is 0 Å². The zero-order valence-corrected chi connectivity index (χ0v) is 52.6. The van der Waals surface area contributed by atoms with E-state index >= 15 is 0 Å². The fourth-order valence-corrected chi connectivity index (χ4v) is 14.6. The van der Waals surface area contributed by atoms with Gasteiger partial charge in [-0.3, -0.25) is 0 Å². The zero-order valence-electron chi connectivity index (χ0n) is 52.6. The van der Waals surface area contributed by atoms with Crippen LogP contribution in [0.25, 0.3) is 161 Å². The summed E-state index contributed by atoms with van der Waals surface area (Å²) in [6, 6.07) is 109. The molecule has 0 bridgehead atoms. The number of para-hydroxylation sites is 6. The first-order valence-electron chi connectivity index (χ1n) is 32.1. The van der Waals surface area contributed by atoms with E-state index in [4.69, 9.17) is 9.97 Å². The zero-order chi connectivity index (χ0) is 66.8. The summed E-state index contributed by atoms with van der Waals surface area (Å²) in [6.45, 7) is 0. The van der Waals surface area contributed by atoms with Crippen molar-refractivity contribution in [2.45, 2.75) is 0 Å². The van der Waals surface area contributed by atoms with Crippen molar-refractivity contribution < 1.29 is 0 Å². The van der Waals surface area contributed by atoms with Crippen molar-refractivity contribution in [2.75, 3.05) is 0 Å². The lowest BCUT2D eigenvalue weighted by molar-refractivity contribution is 1.15. The first kappa shape index (κ1) is 58.1. The van der Waals surface area contributed by atoms with Crippen LogP contribution in [0.5, 0.6) is 0 Å². The average Bonchev–Trinajstić information content (AvgIpc) is 1.63. The van der Waals surface area contributed by atoms with Crippen molar-refractivity contribution in [3.8, 4) is 132 Å². The Bertz CT molecular complexity index is 6000. The van der Waals surface area contributed by atoms with E-state index in [0.717, 1.165) is 122 Å². The van der Waals surface area contributed by atoms with E-state index in [1.165, 1.54) is 24.3 Å². The van der Waals surface area contributed by atoms with Crippen LogP contribution in [0.1, 0.15) is 33.4 Å². The van der Waals surface area contributed by atoms with E-state index in [9.17, 15) is 31.6 Å². The van der Waals surface area contributed by atoms with Gasteiger partial charge in [0.15, 0.2) is 5.82 Å². The maximum atomic E-state index is 10.8. The molecule has 11 nitrogen and oxygen atoms in total. The number of nitrogens with zero attached hydrogens (tertiary/aromatic N) is 11. The van der Waals surface area contributed by atoms with Crippen LogP contribution in [0.15, 0.2) is 285 Å². The second-order valence-corrected chi connectivity index (χ2v) is 24.3. The molecular weight excluding hydrogens is 1210 g/mol. The largest absolute Gasteiger partial charge is 0.309 e. The van der Waals surface area contributed by atoms with Crippen molar-refractivity contribution in [3.05, 3.63) is 318 Å². The van der Waals surface area contributed by atoms with Gasteiger partial charge in [-0.25, -0.2) is 9.97 Å². The first-order chi connectivity index (χ1) is 48.8. The lowest BCUT2D eigenvalue weighted by Crippen LogP contribution is -2.06. The van der Waals surface area contributed by atoms with Crippen LogP contribution < -0.4 is 0 Å². The van der Waals surface area contributed by atoms with Crippen molar-refractivity contribution in [1.82, 2.24) is 23.7 Å². The van der Waals surface area contributed by atoms with Gasteiger partial charge in [0, 0.05) is 82.4 Å². The molecule has 0 amide bonds. The van der Waals surface area contributed by atoms with E-state index in [1.54, 1.807) is 0 Å². The minimum absolute atomic E-state index is 0.154. The molecule has 0 aliphatic carbocycles. The Kier molecular flexibility index (Phi) is 13.9. The molecule has 0 N–H and O–H groups in total. The minimum atomic E-state index is 0.154. The van der Waals surface area contributed by atoms with Gasteiger partial charge in [-0.2, -0.15) is 31.6 Å². The third kappa shape index (κ3) is 9.45. The molecule has 0 fully saturated rings.